The molecule has 1 saturated heterocycles. The van der Waals surface area contributed by atoms with Gasteiger partial charge in [0.05, 0.1) is 17.7 Å². The molecule has 2 aromatic rings. The van der Waals surface area contributed by atoms with Gasteiger partial charge in [0, 0.05) is 38.3 Å². The molecule has 1 heterocycles. The van der Waals surface area contributed by atoms with Crippen molar-refractivity contribution in [3.8, 4) is 0 Å². The maximum Gasteiger partial charge on any atom is 0.416 e. The second-order valence-electron chi connectivity index (χ2n) is 8.12. The summed E-state index contributed by atoms with van der Waals surface area (Å²) in [6.45, 7) is 3.88. The number of halogens is 3. The molecule has 178 valence electrons. The third kappa shape index (κ3) is 7.21. The van der Waals surface area contributed by atoms with E-state index in [1.54, 1.807) is 6.07 Å². The molecule has 33 heavy (non-hydrogen) atoms. The number of aliphatic carboxylic acids is 1. The lowest BCUT2D eigenvalue weighted by atomic mass is 10.0. The molecule has 0 aliphatic carbocycles. The van der Waals surface area contributed by atoms with Crippen LogP contribution in [0.2, 0.25) is 0 Å². The van der Waals surface area contributed by atoms with Gasteiger partial charge in [0.25, 0.3) is 0 Å². The normalized spacial score (nSPS) is 15.6. The molecule has 0 aromatic heterocycles. The van der Waals surface area contributed by atoms with E-state index in [2.05, 4.69) is 10.1 Å². The number of alkyl halides is 3. The number of carboxylic acid groups (broad SMARTS) is 1. The number of hydrogen-bond donors (Lipinski definition) is 2. The average molecular weight is 464 g/mol. The molecule has 1 aliphatic heterocycles. The molecular formula is C24H28F3N3O3. The minimum atomic E-state index is -4.33. The highest BCUT2D eigenvalue weighted by atomic mass is 19.4. The molecule has 2 aromatic carbocycles. The lowest BCUT2D eigenvalue weighted by Crippen LogP contribution is -2.46. The highest BCUT2D eigenvalue weighted by Crippen LogP contribution is 2.31. The van der Waals surface area contributed by atoms with Gasteiger partial charge < -0.3 is 15.2 Å². The van der Waals surface area contributed by atoms with E-state index in [-0.39, 0.29) is 12.8 Å². The van der Waals surface area contributed by atoms with Crippen LogP contribution in [0.3, 0.4) is 0 Å². The molecule has 0 bridgehead atoms. The van der Waals surface area contributed by atoms with Crippen molar-refractivity contribution in [1.29, 1.82) is 0 Å². The van der Waals surface area contributed by atoms with E-state index >= 15 is 0 Å². The molecule has 0 amide bonds. The zero-order valence-electron chi connectivity index (χ0n) is 18.3. The van der Waals surface area contributed by atoms with Crippen LogP contribution >= 0.6 is 0 Å². The van der Waals surface area contributed by atoms with Crippen molar-refractivity contribution in [1.82, 2.24) is 4.90 Å². The van der Waals surface area contributed by atoms with Gasteiger partial charge in [0.15, 0.2) is 0 Å². The Balaban J connectivity index is 1.43. The van der Waals surface area contributed by atoms with Crippen molar-refractivity contribution in [2.45, 2.75) is 31.9 Å². The van der Waals surface area contributed by atoms with Crippen LogP contribution < -0.4 is 4.90 Å². The Morgan fingerprint density at radius 3 is 2.30 bits per heavy atom. The molecule has 2 N–H and O–H groups in total. The lowest BCUT2D eigenvalue weighted by molar-refractivity contribution is -0.138. The van der Waals surface area contributed by atoms with Crippen molar-refractivity contribution < 1.29 is 28.3 Å². The van der Waals surface area contributed by atoms with E-state index in [9.17, 15) is 18.0 Å². The van der Waals surface area contributed by atoms with Gasteiger partial charge in [0.1, 0.15) is 0 Å². The molecule has 3 rings (SSSR count). The Kier molecular flexibility index (Phi) is 8.32. The smallest absolute Gasteiger partial charge is 0.416 e. The average Bonchev–Trinajstić information content (AvgIpc) is 2.80. The van der Waals surface area contributed by atoms with Crippen molar-refractivity contribution in [3.05, 3.63) is 65.2 Å². The third-order valence-corrected chi connectivity index (χ3v) is 5.83. The predicted octanol–water partition coefficient (Wildman–Crippen LogP) is 4.50. The number of nitrogens with zero attached hydrogens (tertiary/aromatic N) is 3. The minimum Gasteiger partial charge on any atom is -0.481 e. The molecule has 9 heteroatoms. The molecule has 0 saturated carbocycles. The van der Waals surface area contributed by atoms with Crippen LogP contribution in [0.1, 0.15) is 36.0 Å². The van der Waals surface area contributed by atoms with Crippen LogP contribution in [0.5, 0.6) is 0 Å². The monoisotopic (exact) mass is 463 g/mol. The molecule has 6 nitrogen and oxygen atoms in total. The maximum absolute atomic E-state index is 13.0. The fourth-order valence-corrected chi connectivity index (χ4v) is 3.96. The number of rotatable bonds is 9. The highest BCUT2D eigenvalue weighted by molar-refractivity contribution is 6.01. The molecule has 0 radical (unpaired) electrons. The van der Waals surface area contributed by atoms with Crippen molar-refractivity contribution in [2.75, 3.05) is 37.6 Å². The number of anilines is 1. The molecule has 1 fully saturated rings. The summed E-state index contributed by atoms with van der Waals surface area (Å²) in [4.78, 5) is 15.0. The molecule has 1 aliphatic rings. The van der Waals surface area contributed by atoms with Crippen molar-refractivity contribution >= 4 is 17.4 Å². The van der Waals surface area contributed by atoms with Gasteiger partial charge in [-0.3, -0.25) is 9.69 Å². The first-order chi connectivity index (χ1) is 15.8. The summed E-state index contributed by atoms with van der Waals surface area (Å²) in [5, 5.41) is 21.1. The Bertz CT molecular complexity index is 953. The fraction of sp³-hybridized carbons (Fsp3) is 0.417. The highest BCUT2D eigenvalue weighted by Gasteiger charge is 2.31. The molecule has 0 unspecified atom stereocenters. The standard InChI is InChI=1S/C24H28F3N3O3/c25-24(26,27)20-4-1-5-21(17-20)30-15-13-29(14-16-30)12-2-3-18-6-8-19(9-7-18)22(28-33)10-11-23(31)32/h1,4-9,17,33H,2-3,10-16H2,(H,31,32). The number of piperazine rings is 1. The summed E-state index contributed by atoms with van der Waals surface area (Å²) in [6, 6.07) is 13.1. The van der Waals surface area contributed by atoms with Crippen LogP contribution in [-0.4, -0.2) is 59.6 Å². The van der Waals surface area contributed by atoms with Crippen LogP contribution in [0, 0.1) is 0 Å². The van der Waals surface area contributed by atoms with Gasteiger partial charge >= 0.3 is 12.1 Å². The Morgan fingerprint density at radius 1 is 1.00 bits per heavy atom. The second-order valence-corrected chi connectivity index (χ2v) is 8.12. The topological polar surface area (TPSA) is 76.4 Å². The minimum absolute atomic E-state index is 0.0951. The fourth-order valence-electron chi connectivity index (χ4n) is 3.96. The quantitative estimate of drug-likeness (QED) is 0.325. The number of aryl methyl sites for hydroxylation is 1. The van der Waals surface area contributed by atoms with E-state index in [0.717, 1.165) is 44.1 Å². The lowest BCUT2D eigenvalue weighted by Gasteiger charge is -2.36. The van der Waals surface area contributed by atoms with Crippen molar-refractivity contribution in [3.63, 3.8) is 0 Å². The summed E-state index contributed by atoms with van der Waals surface area (Å²) >= 11 is 0. The van der Waals surface area contributed by atoms with Gasteiger partial charge in [-0.15, -0.1) is 0 Å². The van der Waals surface area contributed by atoms with E-state index in [4.69, 9.17) is 10.3 Å². The van der Waals surface area contributed by atoms with Gasteiger partial charge in [-0.25, -0.2) is 0 Å². The summed E-state index contributed by atoms with van der Waals surface area (Å²) in [5.74, 6) is -0.941. The molecule has 0 spiro atoms. The summed E-state index contributed by atoms with van der Waals surface area (Å²) in [6.07, 6.45) is -2.45. The van der Waals surface area contributed by atoms with Crippen LogP contribution in [-0.2, 0) is 17.4 Å². The predicted molar refractivity (Wildman–Crippen MR) is 120 cm³/mol. The summed E-state index contributed by atoms with van der Waals surface area (Å²) in [5.41, 5.74) is 2.18. The first kappa shape index (κ1) is 24.6. The Morgan fingerprint density at radius 2 is 1.70 bits per heavy atom. The largest absolute Gasteiger partial charge is 0.481 e. The SMILES string of the molecule is O=C(O)CCC(=NO)c1ccc(CCCN2CCN(c3cccc(C(F)(F)F)c3)CC2)cc1. The first-order valence-electron chi connectivity index (χ1n) is 10.9. The van der Waals surface area contributed by atoms with E-state index in [1.165, 1.54) is 12.1 Å². The second kappa shape index (κ2) is 11.2. The summed E-state index contributed by atoms with van der Waals surface area (Å²) in [7, 11) is 0. The number of oxime groups is 1. The third-order valence-electron chi connectivity index (χ3n) is 5.83. The van der Waals surface area contributed by atoms with E-state index in [1.807, 2.05) is 29.2 Å². The van der Waals surface area contributed by atoms with E-state index in [0.29, 0.717) is 30.1 Å². The number of benzene rings is 2. The van der Waals surface area contributed by atoms with Crippen LogP contribution in [0.15, 0.2) is 53.7 Å². The Hall–Kier alpha value is -3.07. The van der Waals surface area contributed by atoms with Gasteiger partial charge in [-0.1, -0.05) is 35.5 Å². The Labute approximate surface area is 190 Å². The van der Waals surface area contributed by atoms with Gasteiger partial charge in [-0.2, -0.15) is 13.2 Å². The zero-order valence-corrected chi connectivity index (χ0v) is 18.3. The number of carboxylic acids is 1. The first-order valence-corrected chi connectivity index (χ1v) is 10.9. The molecular weight excluding hydrogens is 435 g/mol. The van der Waals surface area contributed by atoms with Gasteiger partial charge in [0.2, 0.25) is 0 Å². The molecule has 0 atom stereocenters. The summed E-state index contributed by atoms with van der Waals surface area (Å²) < 4.78 is 38.9. The maximum atomic E-state index is 13.0. The number of hydrogen-bond acceptors (Lipinski definition) is 5. The zero-order chi connectivity index (χ0) is 23.8. The van der Waals surface area contributed by atoms with Crippen molar-refractivity contribution in [2.24, 2.45) is 5.16 Å². The van der Waals surface area contributed by atoms with Gasteiger partial charge in [-0.05, 0) is 48.7 Å². The van der Waals surface area contributed by atoms with E-state index < -0.39 is 17.7 Å². The number of carbonyl (C=O) groups is 1. The van der Waals surface area contributed by atoms with Crippen LogP contribution in [0.25, 0.3) is 0 Å². The van der Waals surface area contributed by atoms with Crippen LogP contribution in [0.4, 0.5) is 18.9 Å².